The Labute approximate surface area is 196 Å². The van der Waals surface area contributed by atoms with Crippen molar-refractivity contribution in [2.24, 2.45) is 10.7 Å². The monoisotopic (exact) mass is 456 g/mol. The highest BCUT2D eigenvalue weighted by Crippen LogP contribution is 2.57. The topological polar surface area (TPSA) is 91.8 Å². The largest absolute Gasteiger partial charge is 0.508 e. The molecule has 0 fully saturated rings. The summed E-state index contributed by atoms with van der Waals surface area (Å²) in [4.78, 5) is 25.5. The van der Waals surface area contributed by atoms with E-state index < -0.39 is 11.0 Å². The summed E-state index contributed by atoms with van der Waals surface area (Å²) < 4.78 is 0. The standard InChI is InChI=1S/C26H24N4O2S/c1-4-5-16-10-18(14-28-13-16)19-12-22(33-15-19)25(2)26(23(32)30(3)24(27)29-25)9-8-17-11-20(31)6-7-21(17)26/h6-7,10-15,31H,8-9H2,1-3H3,(H2,27,29)/t25-,26?/m1/s1. The van der Waals surface area contributed by atoms with Gasteiger partial charge in [-0.2, -0.15) is 0 Å². The van der Waals surface area contributed by atoms with Crippen LogP contribution in [0.2, 0.25) is 0 Å². The molecule has 2 aromatic heterocycles. The number of carbonyl (C=O) groups excluding carboxylic acids is 1. The number of phenolic OH excluding ortho intramolecular Hbond substituents is 1. The number of amides is 1. The van der Waals surface area contributed by atoms with Crippen molar-refractivity contribution < 1.29 is 9.90 Å². The summed E-state index contributed by atoms with van der Waals surface area (Å²) in [5.74, 6) is 6.29. The summed E-state index contributed by atoms with van der Waals surface area (Å²) >= 11 is 1.57. The SMILES string of the molecule is CC#Cc1cncc(-c2csc([C@@]3(C)N=C(N)N(C)C(=O)C34CCc3cc(O)ccc34)c2)c1. The number of pyridine rings is 1. The molecule has 1 aromatic carbocycles. The molecule has 0 bridgehead atoms. The first-order valence-corrected chi connectivity index (χ1v) is 11.6. The van der Waals surface area contributed by atoms with E-state index in [2.05, 4.69) is 28.3 Å². The quantitative estimate of drug-likeness (QED) is 0.574. The number of rotatable bonds is 2. The molecular formula is C26H24N4O2S. The fourth-order valence-corrected chi connectivity index (χ4v) is 6.31. The van der Waals surface area contributed by atoms with Crippen LogP contribution in [0.15, 0.2) is 53.1 Å². The highest BCUT2D eigenvalue weighted by atomic mass is 32.1. The summed E-state index contributed by atoms with van der Waals surface area (Å²) in [6.07, 6.45) is 4.84. The number of aromatic nitrogens is 1. The molecule has 1 amide bonds. The number of fused-ring (bicyclic) bond motifs is 2. The van der Waals surface area contributed by atoms with Gasteiger partial charge in [-0.25, -0.2) is 4.99 Å². The Bertz CT molecular complexity index is 1380. The maximum absolute atomic E-state index is 13.9. The van der Waals surface area contributed by atoms with Gasteiger partial charge in [0.15, 0.2) is 5.96 Å². The number of hydrogen-bond donors (Lipinski definition) is 2. The molecule has 0 saturated heterocycles. The van der Waals surface area contributed by atoms with Crippen molar-refractivity contribution in [3.63, 3.8) is 0 Å². The highest BCUT2D eigenvalue weighted by molar-refractivity contribution is 7.10. The number of guanidine groups is 1. The summed E-state index contributed by atoms with van der Waals surface area (Å²) in [6.45, 7) is 3.80. The van der Waals surface area contributed by atoms with Gasteiger partial charge in [-0.1, -0.05) is 12.0 Å². The molecule has 7 heteroatoms. The lowest BCUT2D eigenvalue weighted by atomic mass is 9.64. The normalized spacial score (nSPS) is 23.8. The van der Waals surface area contributed by atoms with Crippen molar-refractivity contribution in [1.29, 1.82) is 0 Å². The minimum absolute atomic E-state index is 0.0706. The lowest BCUT2D eigenvalue weighted by molar-refractivity contribution is -0.136. The van der Waals surface area contributed by atoms with Gasteiger partial charge in [0.05, 0.1) is 0 Å². The van der Waals surface area contributed by atoms with Crippen molar-refractivity contribution in [2.75, 3.05) is 7.05 Å². The van der Waals surface area contributed by atoms with Crippen LogP contribution in [-0.4, -0.2) is 33.9 Å². The van der Waals surface area contributed by atoms with Gasteiger partial charge in [0.25, 0.3) is 0 Å². The Morgan fingerprint density at radius 2 is 2.03 bits per heavy atom. The second kappa shape index (κ2) is 7.46. The third-order valence-electron chi connectivity index (χ3n) is 6.92. The minimum atomic E-state index is -0.899. The first-order chi connectivity index (χ1) is 15.8. The van der Waals surface area contributed by atoms with Crippen LogP contribution in [-0.2, 0) is 22.2 Å². The van der Waals surface area contributed by atoms with Gasteiger partial charge in [-0.3, -0.25) is 14.7 Å². The van der Waals surface area contributed by atoms with Crippen molar-refractivity contribution in [3.05, 3.63) is 69.7 Å². The lowest BCUT2D eigenvalue weighted by Crippen LogP contribution is -2.62. The van der Waals surface area contributed by atoms with Gasteiger partial charge in [0.2, 0.25) is 5.91 Å². The minimum Gasteiger partial charge on any atom is -0.508 e. The Kier molecular flexibility index (Phi) is 4.80. The van der Waals surface area contributed by atoms with E-state index in [1.54, 1.807) is 43.6 Å². The Balaban J connectivity index is 1.69. The van der Waals surface area contributed by atoms with Crippen LogP contribution in [0.3, 0.4) is 0 Å². The number of nitrogens with zero attached hydrogens (tertiary/aromatic N) is 3. The van der Waals surface area contributed by atoms with Crippen LogP contribution in [0, 0.1) is 11.8 Å². The molecule has 0 radical (unpaired) electrons. The van der Waals surface area contributed by atoms with E-state index in [-0.39, 0.29) is 17.6 Å². The Hall–Kier alpha value is -3.63. The van der Waals surface area contributed by atoms with E-state index >= 15 is 0 Å². The van der Waals surface area contributed by atoms with Crippen molar-refractivity contribution in [1.82, 2.24) is 9.88 Å². The third kappa shape index (κ3) is 2.98. The number of nitrogens with two attached hydrogens (primary N) is 1. The lowest BCUT2D eigenvalue weighted by Gasteiger charge is -2.48. The van der Waals surface area contributed by atoms with Crippen LogP contribution in [0.4, 0.5) is 0 Å². The Morgan fingerprint density at radius 1 is 1.21 bits per heavy atom. The van der Waals surface area contributed by atoms with Crippen LogP contribution in [0.25, 0.3) is 11.1 Å². The van der Waals surface area contributed by atoms with E-state index in [0.29, 0.717) is 12.8 Å². The smallest absolute Gasteiger partial charge is 0.242 e. The zero-order chi connectivity index (χ0) is 23.4. The van der Waals surface area contributed by atoms with E-state index in [4.69, 9.17) is 10.7 Å². The average Bonchev–Trinajstić information content (AvgIpc) is 3.44. The molecule has 2 aliphatic rings. The number of aryl methyl sites for hydroxylation is 1. The number of hydrogen-bond acceptors (Lipinski definition) is 6. The molecule has 1 aliphatic carbocycles. The zero-order valence-electron chi connectivity index (χ0n) is 18.7. The first-order valence-electron chi connectivity index (χ1n) is 10.7. The van der Waals surface area contributed by atoms with Gasteiger partial charge in [-0.15, -0.1) is 17.3 Å². The molecule has 6 nitrogen and oxygen atoms in total. The van der Waals surface area contributed by atoms with E-state index in [1.165, 1.54) is 4.90 Å². The van der Waals surface area contributed by atoms with Crippen molar-refractivity contribution in [3.8, 4) is 28.7 Å². The molecule has 3 heterocycles. The molecule has 166 valence electrons. The molecule has 33 heavy (non-hydrogen) atoms. The van der Waals surface area contributed by atoms with Crippen LogP contribution in [0.5, 0.6) is 5.75 Å². The number of aliphatic imine (C=N–C) groups is 1. The maximum atomic E-state index is 13.9. The van der Waals surface area contributed by atoms with Crippen molar-refractivity contribution >= 4 is 23.2 Å². The number of carbonyl (C=O) groups is 1. The number of phenols is 1. The van der Waals surface area contributed by atoms with Crippen molar-refractivity contribution in [2.45, 2.75) is 37.6 Å². The Morgan fingerprint density at radius 3 is 2.82 bits per heavy atom. The van der Waals surface area contributed by atoms with Gasteiger partial charge >= 0.3 is 0 Å². The average molecular weight is 457 g/mol. The van der Waals surface area contributed by atoms with Gasteiger partial charge in [-0.05, 0) is 73.0 Å². The highest BCUT2D eigenvalue weighted by Gasteiger charge is 2.62. The molecule has 0 saturated carbocycles. The molecule has 2 atom stereocenters. The summed E-state index contributed by atoms with van der Waals surface area (Å²) in [7, 11) is 1.67. The van der Waals surface area contributed by atoms with Gasteiger partial charge in [0.1, 0.15) is 16.7 Å². The second-order valence-corrected chi connectivity index (χ2v) is 9.60. The predicted octanol–water partition coefficient (Wildman–Crippen LogP) is 3.77. The van der Waals surface area contributed by atoms with E-state index in [9.17, 15) is 9.90 Å². The van der Waals surface area contributed by atoms with Gasteiger partial charge in [0, 0.05) is 35.4 Å². The van der Waals surface area contributed by atoms with E-state index in [0.717, 1.165) is 32.7 Å². The predicted molar refractivity (Wildman–Crippen MR) is 130 cm³/mol. The molecule has 1 spiro atoms. The van der Waals surface area contributed by atoms with E-state index in [1.807, 2.05) is 25.3 Å². The molecular weight excluding hydrogens is 432 g/mol. The number of likely N-dealkylation sites (N-methyl/N-ethyl adjacent to an activating group) is 1. The molecule has 3 aromatic rings. The second-order valence-electron chi connectivity index (χ2n) is 8.69. The summed E-state index contributed by atoms with van der Waals surface area (Å²) in [5.41, 5.74) is 9.16. The number of benzene rings is 1. The first kappa shape index (κ1) is 21.2. The van der Waals surface area contributed by atoms with Crippen LogP contribution < -0.4 is 5.73 Å². The third-order valence-corrected chi connectivity index (χ3v) is 8.06. The summed E-state index contributed by atoms with van der Waals surface area (Å²) in [6, 6.07) is 9.36. The summed E-state index contributed by atoms with van der Waals surface area (Å²) in [5, 5.41) is 12.1. The molecule has 5 rings (SSSR count). The fraction of sp³-hybridized carbons (Fsp3) is 0.269. The van der Waals surface area contributed by atoms with Crippen LogP contribution >= 0.6 is 11.3 Å². The molecule has 3 N–H and O–H groups in total. The number of aromatic hydroxyl groups is 1. The number of thiophene rings is 1. The van der Waals surface area contributed by atoms with Gasteiger partial charge < -0.3 is 10.8 Å². The molecule has 1 aliphatic heterocycles. The fourth-order valence-electron chi connectivity index (χ4n) is 5.20. The van der Waals surface area contributed by atoms with Crippen LogP contribution in [0.1, 0.15) is 41.8 Å². The zero-order valence-corrected chi connectivity index (χ0v) is 19.5. The molecule has 1 unspecified atom stereocenters. The maximum Gasteiger partial charge on any atom is 0.242 e.